The Hall–Kier alpha value is 0.210. The minimum Gasteiger partial charge on any atom is -0.633 e. The lowest BCUT2D eigenvalue weighted by atomic mass is 10.1. The van der Waals surface area contributed by atoms with E-state index in [0.29, 0.717) is 12.4 Å². The summed E-state index contributed by atoms with van der Waals surface area (Å²) >= 11 is 5.51. The van der Waals surface area contributed by atoms with Crippen molar-refractivity contribution in [2.24, 2.45) is 0 Å². The maximum atomic E-state index is 11.6. The number of quaternary nitrogens is 1. The van der Waals surface area contributed by atoms with Gasteiger partial charge in [-0.3, -0.25) is 0 Å². The molecule has 1 heterocycles. The Kier molecular flexibility index (Phi) is 2.96. The summed E-state index contributed by atoms with van der Waals surface area (Å²) in [6.07, 6.45) is 3.39. The number of likely N-dealkylation sites (tertiary alicyclic amines) is 1. The summed E-state index contributed by atoms with van der Waals surface area (Å²) in [6, 6.07) is 0. The number of alkyl halides is 1. The second-order valence-corrected chi connectivity index (χ2v) is 3.36. The van der Waals surface area contributed by atoms with Crippen molar-refractivity contribution in [1.82, 2.24) is 0 Å². The van der Waals surface area contributed by atoms with Gasteiger partial charge in [0, 0.05) is 0 Å². The van der Waals surface area contributed by atoms with Gasteiger partial charge in [0.15, 0.2) is 0 Å². The number of hydrogen-bond acceptors (Lipinski definition) is 1. The highest BCUT2D eigenvalue weighted by atomic mass is 35.5. The zero-order valence-electron chi connectivity index (χ0n) is 6.18. The number of hydrogen-bond donors (Lipinski definition) is 0. The van der Waals surface area contributed by atoms with E-state index in [9.17, 15) is 5.21 Å². The van der Waals surface area contributed by atoms with E-state index in [0.717, 1.165) is 25.9 Å². The summed E-state index contributed by atoms with van der Waals surface area (Å²) < 4.78 is -0.0382. The molecule has 0 amide bonds. The maximum Gasteiger partial charge on any atom is 0.0921 e. The highest BCUT2D eigenvalue weighted by molar-refractivity contribution is 6.17. The Labute approximate surface area is 66.9 Å². The van der Waals surface area contributed by atoms with Crippen molar-refractivity contribution < 1.29 is 4.65 Å². The van der Waals surface area contributed by atoms with Gasteiger partial charge in [-0.2, -0.15) is 0 Å². The number of hydroxylamine groups is 3. The van der Waals surface area contributed by atoms with Crippen LogP contribution in [0, 0.1) is 5.21 Å². The van der Waals surface area contributed by atoms with Gasteiger partial charge in [-0.1, -0.05) is 0 Å². The fraction of sp³-hybridized carbons (Fsp3) is 1.00. The van der Waals surface area contributed by atoms with Gasteiger partial charge < -0.3 is 9.85 Å². The molecule has 0 aromatic carbocycles. The second-order valence-electron chi connectivity index (χ2n) is 2.98. The van der Waals surface area contributed by atoms with E-state index in [1.165, 1.54) is 6.42 Å². The lowest BCUT2D eigenvalue weighted by molar-refractivity contribution is -0.883. The van der Waals surface area contributed by atoms with Crippen LogP contribution in [0.5, 0.6) is 0 Å². The van der Waals surface area contributed by atoms with E-state index in [1.807, 2.05) is 0 Å². The second kappa shape index (κ2) is 3.56. The molecule has 1 saturated heterocycles. The topological polar surface area (TPSA) is 23.1 Å². The summed E-state index contributed by atoms with van der Waals surface area (Å²) in [4.78, 5) is 0. The summed E-state index contributed by atoms with van der Waals surface area (Å²) in [5, 5.41) is 11.6. The molecule has 60 valence electrons. The van der Waals surface area contributed by atoms with Gasteiger partial charge >= 0.3 is 0 Å². The van der Waals surface area contributed by atoms with Crippen molar-refractivity contribution >= 4 is 11.6 Å². The minimum absolute atomic E-state index is 0.0382. The Bertz CT molecular complexity index is 96.3. The average Bonchev–Trinajstić information content (AvgIpc) is 1.89. The van der Waals surface area contributed by atoms with Crippen LogP contribution in [0.25, 0.3) is 0 Å². The van der Waals surface area contributed by atoms with E-state index in [1.54, 1.807) is 0 Å². The van der Waals surface area contributed by atoms with Crippen molar-refractivity contribution in [3.05, 3.63) is 5.21 Å². The molecule has 0 atom stereocenters. The molecule has 3 heteroatoms. The van der Waals surface area contributed by atoms with Gasteiger partial charge in [-0.15, -0.1) is 11.6 Å². The molecule has 10 heavy (non-hydrogen) atoms. The zero-order valence-corrected chi connectivity index (χ0v) is 6.94. The molecule has 0 aromatic rings. The van der Waals surface area contributed by atoms with Gasteiger partial charge in [0.25, 0.3) is 0 Å². The first-order valence-corrected chi connectivity index (χ1v) is 4.43. The maximum absolute atomic E-state index is 11.6. The van der Waals surface area contributed by atoms with Crippen LogP contribution in [-0.4, -0.2) is 30.2 Å². The fourth-order valence-corrected chi connectivity index (χ4v) is 1.77. The quantitative estimate of drug-likeness (QED) is 0.346. The molecular weight excluding hydrogens is 150 g/mol. The fourth-order valence-electron chi connectivity index (χ4n) is 1.47. The Morgan fingerprint density at radius 3 is 2.30 bits per heavy atom. The Morgan fingerprint density at radius 2 is 1.80 bits per heavy atom. The van der Waals surface area contributed by atoms with Crippen LogP contribution in [0.3, 0.4) is 0 Å². The van der Waals surface area contributed by atoms with Crippen LogP contribution >= 0.6 is 11.6 Å². The Balaban J connectivity index is 2.32. The minimum atomic E-state index is -0.0382. The van der Waals surface area contributed by atoms with Crippen molar-refractivity contribution in [1.29, 1.82) is 0 Å². The zero-order chi connectivity index (χ0) is 7.45. The molecule has 2 nitrogen and oxygen atoms in total. The monoisotopic (exact) mass is 163 g/mol. The first-order valence-electron chi connectivity index (χ1n) is 3.90. The van der Waals surface area contributed by atoms with E-state index in [2.05, 4.69) is 0 Å². The predicted molar refractivity (Wildman–Crippen MR) is 42.8 cm³/mol. The van der Waals surface area contributed by atoms with Crippen molar-refractivity contribution in [3.8, 4) is 0 Å². The van der Waals surface area contributed by atoms with Crippen LogP contribution in [0.2, 0.25) is 0 Å². The van der Waals surface area contributed by atoms with Crippen molar-refractivity contribution in [2.45, 2.75) is 19.3 Å². The summed E-state index contributed by atoms with van der Waals surface area (Å²) in [5.74, 6) is 0.503. The van der Waals surface area contributed by atoms with Gasteiger partial charge in [0.2, 0.25) is 0 Å². The molecule has 0 bridgehead atoms. The molecule has 0 aromatic heterocycles. The predicted octanol–water partition coefficient (Wildman–Crippen LogP) is 1.72. The molecule has 1 fully saturated rings. The highest BCUT2D eigenvalue weighted by Crippen LogP contribution is 2.16. The smallest absolute Gasteiger partial charge is 0.0921 e. The van der Waals surface area contributed by atoms with E-state index in [4.69, 9.17) is 11.6 Å². The third kappa shape index (κ3) is 2.11. The molecule has 0 unspecified atom stereocenters. The molecule has 0 aliphatic carbocycles. The molecule has 0 spiro atoms. The largest absolute Gasteiger partial charge is 0.633 e. The number of piperidine rings is 1. The third-order valence-electron chi connectivity index (χ3n) is 2.12. The van der Waals surface area contributed by atoms with Crippen molar-refractivity contribution in [2.75, 3.05) is 25.5 Å². The SMILES string of the molecule is [O-][N+]1(CCCl)CCCCC1. The summed E-state index contributed by atoms with van der Waals surface area (Å²) in [5.41, 5.74) is 0. The normalized spacial score (nSPS) is 24.6. The average molecular weight is 164 g/mol. The highest BCUT2D eigenvalue weighted by Gasteiger charge is 2.18. The van der Waals surface area contributed by atoms with Crippen LogP contribution in [0.4, 0.5) is 0 Å². The van der Waals surface area contributed by atoms with E-state index >= 15 is 0 Å². The van der Waals surface area contributed by atoms with E-state index in [-0.39, 0.29) is 4.65 Å². The van der Waals surface area contributed by atoms with Gasteiger partial charge in [-0.25, -0.2) is 0 Å². The standard InChI is InChI=1S/C7H14ClNO/c8-4-7-9(10)5-2-1-3-6-9/h1-7H2. The first kappa shape index (κ1) is 8.31. The van der Waals surface area contributed by atoms with Crippen LogP contribution in [0.1, 0.15) is 19.3 Å². The molecule has 1 rings (SSSR count). The van der Waals surface area contributed by atoms with Gasteiger partial charge in [-0.05, 0) is 19.3 Å². The molecular formula is C7H14ClNO. The van der Waals surface area contributed by atoms with Crippen molar-refractivity contribution in [3.63, 3.8) is 0 Å². The Morgan fingerprint density at radius 1 is 1.20 bits per heavy atom. The molecule has 1 aliphatic rings. The lowest BCUT2D eigenvalue weighted by Crippen LogP contribution is -2.47. The number of nitrogens with zero attached hydrogens (tertiary/aromatic N) is 1. The summed E-state index contributed by atoms with van der Waals surface area (Å²) in [6.45, 7) is 2.17. The van der Waals surface area contributed by atoms with Crippen LogP contribution in [-0.2, 0) is 0 Å². The van der Waals surface area contributed by atoms with Gasteiger partial charge in [0.05, 0.1) is 25.5 Å². The third-order valence-corrected chi connectivity index (χ3v) is 2.29. The lowest BCUT2D eigenvalue weighted by Gasteiger charge is -2.45. The molecule has 0 saturated carbocycles. The molecule has 0 N–H and O–H groups in total. The number of halogens is 1. The first-order chi connectivity index (χ1) is 4.77. The van der Waals surface area contributed by atoms with E-state index < -0.39 is 0 Å². The molecule has 1 aliphatic heterocycles. The summed E-state index contributed by atoms with van der Waals surface area (Å²) in [7, 11) is 0. The van der Waals surface area contributed by atoms with Gasteiger partial charge in [0.1, 0.15) is 0 Å². The number of rotatable bonds is 2. The van der Waals surface area contributed by atoms with Crippen LogP contribution < -0.4 is 0 Å². The van der Waals surface area contributed by atoms with Crippen LogP contribution in [0.15, 0.2) is 0 Å². The molecule has 0 radical (unpaired) electrons.